The fourth-order valence-corrected chi connectivity index (χ4v) is 1.57. The number of ether oxygens (including phenoxy) is 1. The highest BCUT2D eigenvalue weighted by molar-refractivity contribution is 5.55. The van der Waals surface area contributed by atoms with Crippen LogP contribution < -0.4 is 4.74 Å². The third-order valence-electron chi connectivity index (χ3n) is 2.21. The zero-order valence-electron chi connectivity index (χ0n) is 7.42. The van der Waals surface area contributed by atoms with Crippen LogP contribution in [0.1, 0.15) is 5.69 Å². The Bertz CT molecular complexity index is 499. The molecule has 0 saturated heterocycles. The molecule has 68 valence electrons. The van der Waals surface area contributed by atoms with Gasteiger partial charge >= 0.3 is 0 Å². The van der Waals surface area contributed by atoms with Crippen molar-refractivity contribution in [1.82, 2.24) is 9.55 Å². The third kappa shape index (κ3) is 0.956. The maximum absolute atomic E-state index is 5.38. The monoisotopic (exact) mass is 184 g/mol. The summed E-state index contributed by atoms with van der Waals surface area (Å²) in [6.45, 7) is 0. The summed E-state index contributed by atoms with van der Waals surface area (Å²) in [4.78, 5) is 4.16. The van der Waals surface area contributed by atoms with Crippen LogP contribution in [0.15, 0.2) is 42.9 Å². The molecule has 0 atom stereocenters. The van der Waals surface area contributed by atoms with Gasteiger partial charge in [-0.05, 0) is 30.3 Å². The van der Waals surface area contributed by atoms with Crippen molar-refractivity contribution < 1.29 is 4.74 Å². The van der Waals surface area contributed by atoms with Gasteiger partial charge in [-0.3, -0.25) is 0 Å². The number of hydrogen-bond acceptors (Lipinski definition) is 2. The normalized spacial score (nSPS) is 12.6. The van der Waals surface area contributed by atoms with E-state index >= 15 is 0 Å². The maximum Gasteiger partial charge on any atom is 0.243 e. The van der Waals surface area contributed by atoms with E-state index in [9.17, 15) is 0 Å². The Kier molecular flexibility index (Phi) is 1.44. The minimum absolute atomic E-state index is 0.638. The third-order valence-corrected chi connectivity index (χ3v) is 2.21. The highest BCUT2D eigenvalue weighted by Crippen LogP contribution is 2.25. The van der Waals surface area contributed by atoms with E-state index in [-0.39, 0.29) is 0 Å². The van der Waals surface area contributed by atoms with E-state index in [4.69, 9.17) is 4.74 Å². The van der Waals surface area contributed by atoms with Crippen molar-refractivity contribution >= 4 is 6.08 Å². The summed E-state index contributed by atoms with van der Waals surface area (Å²) in [7, 11) is 0. The van der Waals surface area contributed by atoms with Crippen molar-refractivity contribution in [2.45, 2.75) is 0 Å². The fraction of sp³-hybridized carbons (Fsp3) is 0. The molecule has 0 N–H and O–H groups in total. The van der Waals surface area contributed by atoms with Gasteiger partial charge in [-0.25, -0.2) is 4.98 Å². The molecule has 0 aromatic carbocycles. The van der Waals surface area contributed by atoms with Crippen molar-refractivity contribution in [1.29, 1.82) is 0 Å². The van der Waals surface area contributed by atoms with E-state index in [1.54, 1.807) is 12.5 Å². The van der Waals surface area contributed by atoms with Gasteiger partial charge in [0.15, 0.2) is 0 Å². The van der Waals surface area contributed by atoms with Gasteiger partial charge in [0.2, 0.25) is 5.88 Å². The summed E-state index contributed by atoms with van der Waals surface area (Å²) >= 11 is 0. The Balaban J connectivity index is 2.33. The van der Waals surface area contributed by atoms with Crippen molar-refractivity contribution in [2.75, 3.05) is 0 Å². The second-order valence-corrected chi connectivity index (χ2v) is 3.05. The lowest BCUT2D eigenvalue weighted by Gasteiger charge is -2.06. The first kappa shape index (κ1) is 7.38. The molecule has 14 heavy (non-hydrogen) atoms. The van der Waals surface area contributed by atoms with Crippen molar-refractivity contribution in [3.63, 3.8) is 0 Å². The van der Waals surface area contributed by atoms with Crippen LogP contribution in [0.4, 0.5) is 0 Å². The molecule has 1 aliphatic heterocycles. The first-order chi connectivity index (χ1) is 6.95. The number of pyridine rings is 1. The Morgan fingerprint density at radius 2 is 2.21 bits per heavy atom. The summed E-state index contributed by atoms with van der Waals surface area (Å²) < 4.78 is 7.42. The van der Waals surface area contributed by atoms with Gasteiger partial charge in [-0.2, -0.15) is 0 Å². The summed E-state index contributed by atoms with van der Waals surface area (Å²) in [6, 6.07) is 7.92. The van der Waals surface area contributed by atoms with E-state index < -0.39 is 0 Å². The molecule has 0 amide bonds. The van der Waals surface area contributed by atoms with Crippen LogP contribution in [0, 0.1) is 0 Å². The fourth-order valence-electron chi connectivity index (χ4n) is 1.57. The van der Waals surface area contributed by atoms with Crippen LogP contribution in [0.5, 0.6) is 5.88 Å². The van der Waals surface area contributed by atoms with Crippen LogP contribution in [0.25, 0.3) is 11.8 Å². The van der Waals surface area contributed by atoms with Crippen molar-refractivity contribution in [2.24, 2.45) is 0 Å². The molecule has 0 saturated carbocycles. The number of aromatic nitrogens is 2. The van der Waals surface area contributed by atoms with Crippen LogP contribution >= 0.6 is 0 Å². The van der Waals surface area contributed by atoms with Gasteiger partial charge in [0.05, 0.1) is 6.26 Å². The molecule has 2 aromatic rings. The molecule has 3 heterocycles. The average molecular weight is 184 g/mol. The highest BCUT2D eigenvalue weighted by Gasteiger charge is 2.10. The summed E-state index contributed by atoms with van der Waals surface area (Å²) in [5.41, 5.74) is 2.06. The Morgan fingerprint density at radius 3 is 3.21 bits per heavy atom. The first-order valence-corrected chi connectivity index (χ1v) is 4.41. The van der Waals surface area contributed by atoms with Gasteiger partial charge in [0.1, 0.15) is 5.69 Å². The van der Waals surface area contributed by atoms with Gasteiger partial charge in [0.25, 0.3) is 0 Å². The molecule has 0 unspecified atom stereocenters. The van der Waals surface area contributed by atoms with Crippen LogP contribution in [-0.4, -0.2) is 9.55 Å². The largest absolute Gasteiger partial charge is 0.445 e. The molecule has 3 heteroatoms. The summed E-state index contributed by atoms with van der Waals surface area (Å²) in [5, 5.41) is 0. The van der Waals surface area contributed by atoms with E-state index in [0.29, 0.717) is 5.88 Å². The van der Waals surface area contributed by atoms with Gasteiger partial charge in [-0.1, -0.05) is 0 Å². The smallest absolute Gasteiger partial charge is 0.243 e. The average Bonchev–Trinajstić information content (AvgIpc) is 2.61. The van der Waals surface area contributed by atoms with Crippen molar-refractivity contribution in [3.05, 3.63) is 48.6 Å². The van der Waals surface area contributed by atoms with Crippen LogP contribution in [0.2, 0.25) is 0 Å². The predicted molar refractivity (Wildman–Crippen MR) is 53.2 cm³/mol. The Morgan fingerprint density at radius 1 is 1.21 bits per heavy atom. The first-order valence-electron chi connectivity index (χ1n) is 4.41. The topological polar surface area (TPSA) is 27.1 Å². The quantitative estimate of drug-likeness (QED) is 0.627. The molecular formula is C11H8N2O. The Labute approximate surface area is 81.3 Å². The lowest BCUT2D eigenvalue weighted by atomic mass is 10.3. The second kappa shape index (κ2) is 2.73. The molecule has 0 aliphatic carbocycles. The van der Waals surface area contributed by atoms with E-state index in [0.717, 1.165) is 11.4 Å². The molecular weight excluding hydrogens is 176 g/mol. The molecule has 1 aliphatic rings. The van der Waals surface area contributed by atoms with E-state index in [2.05, 4.69) is 4.98 Å². The van der Waals surface area contributed by atoms with Gasteiger partial charge < -0.3 is 9.30 Å². The summed E-state index contributed by atoms with van der Waals surface area (Å²) in [6.07, 6.45) is 7.29. The maximum atomic E-state index is 5.38. The number of rotatable bonds is 0. The standard InChI is InChI=1S/C11H8N2O/c1-4-10-11(12-6-1)14-8-5-9-3-2-7-13(9)10/h1-8H. The van der Waals surface area contributed by atoms with Gasteiger partial charge in [-0.15, -0.1) is 0 Å². The second-order valence-electron chi connectivity index (χ2n) is 3.05. The zero-order chi connectivity index (χ0) is 9.38. The molecule has 0 fully saturated rings. The molecule has 3 rings (SSSR count). The van der Waals surface area contributed by atoms with E-state index in [1.807, 2.05) is 41.1 Å². The van der Waals surface area contributed by atoms with Crippen LogP contribution in [-0.2, 0) is 0 Å². The van der Waals surface area contributed by atoms with Gasteiger partial charge in [0, 0.05) is 18.1 Å². The number of hydrogen-bond donors (Lipinski definition) is 0. The van der Waals surface area contributed by atoms with Crippen molar-refractivity contribution in [3.8, 4) is 11.6 Å². The molecule has 0 spiro atoms. The molecule has 0 radical (unpaired) electrons. The minimum Gasteiger partial charge on any atom is -0.445 e. The lowest BCUT2D eigenvalue weighted by molar-refractivity contribution is 0.465. The predicted octanol–water partition coefficient (Wildman–Crippen LogP) is 2.24. The van der Waals surface area contributed by atoms with E-state index in [1.165, 1.54) is 0 Å². The number of nitrogens with zero attached hydrogens (tertiary/aromatic N) is 2. The molecule has 3 nitrogen and oxygen atoms in total. The Hall–Kier alpha value is -2.03. The molecule has 2 aromatic heterocycles. The van der Waals surface area contributed by atoms with Crippen LogP contribution in [0.3, 0.4) is 0 Å². The zero-order valence-corrected chi connectivity index (χ0v) is 7.42. The lowest BCUT2D eigenvalue weighted by Crippen LogP contribution is -1.96. The SMILES string of the molecule is C1=Cc2cccn2-c2cccnc2O1. The number of fused-ring (bicyclic) bond motifs is 3. The minimum atomic E-state index is 0.638. The molecule has 0 bridgehead atoms. The highest BCUT2D eigenvalue weighted by atomic mass is 16.5. The summed E-state index contributed by atoms with van der Waals surface area (Å²) in [5.74, 6) is 0.638.